The van der Waals surface area contributed by atoms with E-state index < -0.39 is 5.54 Å². The molecule has 1 aliphatic carbocycles. The molecule has 1 saturated carbocycles. The number of carbonyl (C=O) groups is 2. The van der Waals surface area contributed by atoms with Crippen LogP contribution in [0.1, 0.15) is 150 Å². The van der Waals surface area contributed by atoms with Gasteiger partial charge >= 0.3 is 6.03 Å². The Morgan fingerprint density at radius 2 is 1.00 bits per heavy atom. The number of nitrogens with zero attached hydrogens (tertiary/aromatic N) is 4. The highest BCUT2D eigenvalue weighted by Crippen LogP contribution is 2.47. The molecule has 0 radical (unpaired) electrons. The van der Waals surface area contributed by atoms with Crippen molar-refractivity contribution in [3.05, 3.63) is 0 Å². The lowest BCUT2D eigenvalue weighted by Gasteiger charge is -2.36. The summed E-state index contributed by atoms with van der Waals surface area (Å²) < 4.78 is 0. The number of hydrogen-bond donors (Lipinski definition) is 0. The van der Waals surface area contributed by atoms with Gasteiger partial charge in [-0.2, -0.15) is 0 Å². The number of carbonyl (C=O) groups excluding carboxylic acids is 2. The van der Waals surface area contributed by atoms with Crippen LogP contribution in [0.25, 0.3) is 0 Å². The van der Waals surface area contributed by atoms with E-state index in [0.29, 0.717) is 19.3 Å². The summed E-state index contributed by atoms with van der Waals surface area (Å²) in [7, 11) is 0. The van der Waals surface area contributed by atoms with Gasteiger partial charge in [0, 0.05) is 0 Å². The van der Waals surface area contributed by atoms with Crippen LogP contribution in [-0.4, -0.2) is 76.6 Å². The van der Waals surface area contributed by atoms with E-state index in [-0.39, 0.29) is 11.9 Å². The highest BCUT2D eigenvalue weighted by atomic mass is 16.2. The number of urea groups is 1. The van der Waals surface area contributed by atoms with Crippen LogP contribution >= 0.6 is 0 Å². The van der Waals surface area contributed by atoms with E-state index in [1.807, 2.05) is 4.90 Å². The number of unbranched alkanes of at least 4 members (excludes halogenated alkanes) is 12. The molecule has 3 amide bonds. The Bertz CT molecular complexity index is 659. The Balaban J connectivity index is 2.13. The molecule has 1 aliphatic heterocycles. The van der Waals surface area contributed by atoms with E-state index in [9.17, 15) is 9.59 Å². The van der Waals surface area contributed by atoms with Crippen LogP contribution in [0.15, 0.2) is 0 Å². The van der Waals surface area contributed by atoms with Crippen LogP contribution in [-0.2, 0) is 4.79 Å². The van der Waals surface area contributed by atoms with Crippen molar-refractivity contribution in [2.75, 3.05) is 39.5 Å². The van der Waals surface area contributed by atoms with Gasteiger partial charge in [0.25, 0.3) is 5.91 Å². The molecule has 1 heterocycles. The first-order chi connectivity index (χ1) is 18.9. The lowest BCUT2D eigenvalue weighted by atomic mass is 9.94. The highest BCUT2D eigenvalue weighted by molar-refractivity contribution is 6.07. The second-order valence-corrected chi connectivity index (χ2v) is 12.6. The Morgan fingerprint density at radius 1 is 0.615 bits per heavy atom. The predicted octanol–water partition coefficient (Wildman–Crippen LogP) is 8.26. The number of rotatable bonds is 25. The van der Waals surface area contributed by atoms with Crippen LogP contribution < -0.4 is 0 Å². The number of imide groups is 1. The maximum absolute atomic E-state index is 14.0. The average Bonchev–Trinajstić information content (AvgIpc) is 3.77. The molecule has 0 aromatic carbocycles. The Hall–Kier alpha value is -1.14. The lowest BCUT2D eigenvalue weighted by molar-refractivity contribution is -0.135. The van der Waals surface area contributed by atoms with Gasteiger partial charge in [0.15, 0.2) is 0 Å². The van der Waals surface area contributed by atoms with Gasteiger partial charge in [0.1, 0.15) is 5.54 Å². The highest BCUT2D eigenvalue weighted by Gasteiger charge is 2.61. The van der Waals surface area contributed by atoms with Gasteiger partial charge in [0.05, 0.1) is 13.3 Å². The number of hydrogen-bond acceptors (Lipinski definition) is 4. The summed E-state index contributed by atoms with van der Waals surface area (Å²) in [5, 5.41) is 0. The maximum atomic E-state index is 14.0. The molecular formula is C33H64N4O2. The van der Waals surface area contributed by atoms with E-state index in [1.54, 1.807) is 4.90 Å². The first-order valence-corrected chi connectivity index (χ1v) is 17.0. The monoisotopic (exact) mass is 549 g/mol. The van der Waals surface area contributed by atoms with Gasteiger partial charge in [-0.1, -0.05) is 105 Å². The van der Waals surface area contributed by atoms with E-state index in [4.69, 9.17) is 0 Å². The topological polar surface area (TPSA) is 47.1 Å². The fourth-order valence-corrected chi connectivity index (χ4v) is 6.15. The third-order valence-corrected chi connectivity index (χ3v) is 9.07. The predicted molar refractivity (Wildman–Crippen MR) is 165 cm³/mol. The molecule has 0 aromatic heterocycles. The summed E-state index contributed by atoms with van der Waals surface area (Å²) in [6.07, 6.45) is 21.6. The normalized spacial score (nSPS) is 19.9. The standard InChI is InChI=1S/C33H64N4O2/c1-6-10-14-18-24-34(25-19-15-11-7-2)28-36-31(38)33(5,30-22-23-30)37(32(36)39)29-35(26-20-16-12-8-3)27-21-17-13-9-4/h30H,6-29H2,1-5H3. The van der Waals surface area contributed by atoms with Crippen molar-refractivity contribution in [1.29, 1.82) is 0 Å². The first kappa shape index (κ1) is 34.1. The smallest absolute Gasteiger partial charge is 0.297 e. The van der Waals surface area contributed by atoms with Crippen LogP contribution in [0.2, 0.25) is 0 Å². The van der Waals surface area contributed by atoms with Crippen LogP contribution in [0, 0.1) is 5.92 Å². The van der Waals surface area contributed by atoms with Crippen LogP contribution in [0.3, 0.4) is 0 Å². The fraction of sp³-hybridized carbons (Fsp3) is 0.939. The zero-order valence-corrected chi connectivity index (χ0v) is 26.7. The second-order valence-electron chi connectivity index (χ2n) is 12.6. The van der Waals surface area contributed by atoms with Crippen molar-refractivity contribution < 1.29 is 9.59 Å². The van der Waals surface area contributed by atoms with Crippen molar-refractivity contribution in [2.45, 2.75) is 156 Å². The fourth-order valence-electron chi connectivity index (χ4n) is 6.15. The molecule has 6 heteroatoms. The number of amides is 3. The van der Waals surface area contributed by atoms with Gasteiger partial charge in [0.2, 0.25) is 0 Å². The lowest BCUT2D eigenvalue weighted by Crippen LogP contribution is -2.53. The van der Waals surface area contributed by atoms with Crippen molar-refractivity contribution in [1.82, 2.24) is 19.6 Å². The van der Waals surface area contributed by atoms with Gasteiger partial charge < -0.3 is 0 Å². The third kappa shape index (κ3) is 11.0. The van der Waals surface area contributed by atoms with E-state index in [1.165, 1.54) is 89.9 Å². The molecule has 2 rings (SSSR count). The van der Waals surface area contributed by atoms with Gasteiger partial charge in [-0.25, -0.2) is 9.69 Å². The molecule has 0 spiro atoms. The molecule has 1 atom stereocenters. The van der Waals surface area contributed by atoms with Gasteiger partial charge in [-0.15, -0.1) is 0 Å². The van der Waals surface area contributed by atoms with Crippen molar-refractivity contribution in [3.63, 3.8) is 0 Å². The molecular weight excluding hydrogens is 484 g/mol. The summed E-state index contributed by atoms with van der Waals surface area (Å²) in [5.41, 5.74) is -0.682. The summed E-state index contributed by atoms with van der Waals surface area (Å²) in [5.74, 6) is 0.363. The van der Waals surface area contributed by atoms with E-state index >= 15 is 0 Å². The molecule has 0 N–H and O–H groups in total. The summed E-state index contributed by atoms with van der Waals surface area (Å²) in [4.78, 5) is 36.5. The first-order valence-electron chi connectivity index (χ1n) is 17.0. The minimum Gasteiger partial charge on any atom is -0.297 e. The van der Waals surface area contributed by atoms with E-state index in [0.717, 1.165) is 51.9 Å². The van der Waals surface area contributed by atoms with Crippen molar-refractivity contribution >= 4 is 11.9 Å². The SMILES string of the molecule is CCCCCCN(CCCCCC)CN1C(=O)N(CN(CCCCCC)CCCCCC)C(C)(C2CC2)C1=O. The summed E-state index contributed by atoms with van der Waals surface area (Å²) >= 11 is 0. The largest absolute Gasteiger partial charge is 0.329 e. The Labute approximate surface area is 242 Å². The molecule has 39 heavy (non-hydrogen) atoms. The third-order valence-electron chi connectivity index (χ3n) is 9.07. The van der Waals surface area contributed by atoms with Crippen molar-refractivity contribution in [2.24, 2.45) is 5.92 Å². The zero-order chi connectivity index (χ0) is 28.5. The minimum absolute atomic E-state index is 0.0476. The molecule has 2 fully saturated rings. The zero-order valence-electron chi connectivity index (χ0n) is 26.7. The van der Waals surface area contributed by atoms with Crippen molar-refractivity contribution in [3.8, 4) is 0 Å². The van der Waals surface area contributed by atoms with Crippen LogP contribution in [0.5, 0.6) is 0 Å². The van der Waals surface area contributed by atoms with Crippen LogP contribution in [0.4, 0.5) is 4.79 Å². The molecule has 1 saturated heterocycles. The minimum atomic E-state index is -0.682. The Kier molecular flexibility index (Phi) is 16.7. The summed E-state index contributed by atoms with van der Waals surface area (Å²) in [6, 6.07) is -0.0476. The average molecular weight is 549 g/mol. The molecule has 228 valence electrons. The van der Waals surface area contributed by atoms with Gasteiger partial charge in [-0.05, 0) is 77.5 Å². The molecule has 2 aliphatic rings. The quantitative estimate of drug-likeness (QED) is 0.0851. The molecule has 0 bridgehead atoms. The maximum Gasteiger partial charge on any atom is 0.329 e. The summed E-state index contributed by atoms with van der Waals surface area (Å²) in [6.45, 7) is 16.1. The molecule has 0 aromatic rings. The second kappa shape index (κ2) is 19.1. The Morgan fingerprint density at radius 3 is 1.36 bits per heavy atom. The van der Waals surface area contributed by atoms with Gasteiger partial charge in [-0.3, -0.25) is 19.5 Å². The molecule has 1 unspecified atom stereocenters. The molecule has 6 nitrogen and oxygen atoms in total. The van der Waals surface area contributed by atoms with E-state index in [2.05, 4.69) is 44.4 Å².